The Morgan fingerprint density at radius 2 is 1.82 bits per heavy atom. The largest absolute Gasteiger partial charge is 0.507 e. The zero-order valence-corrected chi connectivity index (χ0v) is 19.3. The molecule has 1 fully saturated rings. The lowest BCUT2D eigenvalue weighted by Gasteiger charge is -2.23. The first-order valence-electron chi connectivity index (χ1n) is 10.2. The molecular formula is C25H17ClN2O5S. The van der Waals surface area contributed by atoms with Gasteiger partial charge in [0.1, 0.15) is 5.76 Å². The van der Waals surface area contributed by atoms with Crippen LogP contribution < -0.4 is 9.64 Å². The fourth-order valence-corrected chi connectivity index (χ4v) is 5.05. The number of ketones is 1. The number of para-hydroxylation sites is 1. The lowest BCUT2D eigenvalue weighted by Crippen LogP contribution is -2.29. The van der Waals surface area contributed by atoms with Gasteiger partial charge in [-0.25, -0.2) is 4.98 Å². The highest BCUT2D eigenvalue weighted by Gasteiger charge is 2.48. The number of rotatable bonds is 4. The molecule has 0 bridgehead atoms. The van der Waals surface area contributed by atoms with Crippen LogP contribution in [-0.2, 0) is 9.59 Å². The van der Waals surface area contributed by atoms with E-state index >= 15 is 0 Å². The van der Waals surface area contributed by atoms with Crippen LogP contribution in [0.15, 0.2) is 72.3 Å². The number of aliphatic hydroxyl groups is 1. The predicted molar refractivity (Wildman–Crippen MR) is 131 cm³/mol. The standard InChI is InChI=1S/C25H17ClN2O5S/c1-33-18-12-14(8-11-17(18)29)21-20(22(30)13-6-9-15(26)10-7-13)23(31)24(32)28(21)25-27-16-4-2-3-5-19(16)34-25/h2-12,21,29-30H,1H3/t21-/m1/s1. The average Bonchev–Trinajstić information content (AvgIpc) is 3.38. The summed E-state index contributed by atoms with van der Waals surface area (Å²) in [6, 6.07) is 17.2. The summed E-state index contributed by atoms with van der Waals surface area (Å²) in [5.41, 5.74) is 1.38. The Kier molecular flexibility index (Phi) is 5.47. The number of anilines is 1. The highest BCUT2D eigenvalue weighted by Crippen LogP contribution is 2.45. The molecule has 1 aliphatic rings. The minimum Gasteiger partial charge on any atom is -0.507 e. The molecule has 4 aromatic rings. The number of Topliss-reactive ketones (excluding diaryl/α,β-unsaturated/α-hetero) is 1. The van der Waals surface area contributed by atoms with Crippen LogP contribution in [0.25, 0.3) is 16.0 Å². The number of phenols is 1. The van der Waals surface area contributed by atoms with E-state index in [0.29, 0.717) is 26.8 Å². The van der Waals surface area contributed by atoms with Crippen molar-refractivity contribution in [1.82, 2.24) is 4.98 Å². The molecule has 1 atom stereocenters. The highest BCUT2D eigenvalue weighted by atomic mass is 35.5. The second-order valence-corrected chi connectivity index (χ2v) is 9.02. The Bertz CT molecular complexity index is 1450. The number of amides is 1. The summed E-state index contributed by atoms with van der Waals surface area (Å²) in [4.78, 5) is 32.4. The minimum atomic E-state index is -0.995. The van der Waals surface area contributed by atoms with E-state index in [2.05, 4.69) is 4.98 Å². The number of hydrogen-bond acceptors (Lipinski definition) is 7. The Hall–Kier alpha value is -3.88. The summed E-state index contributed by atoms with van der Waals surface area (Å²) in [6.45, 7) is 0. The number of benzene rings is 3. The number of halogens is 1. The smallest absolute Gasteiger partial charge is 0.301 e. The van der Waals surface area contributed by atoms with Crippen molar-refractivity contribution in [2.45, 2.75) is 6.04 Å². The van der Waals surface area contributed by atoms with Gasteiger partial charge in [-0.15, -0.1) is 0 Å². The number of ether oxygens (including phenoxy) is 1. The normalized spacial score (nSPS) is 17.5. The van der Waals surface area contributed by atoms with Crippen molar-refractivity contribution in [3.63, 3.8) is 0 Å². The van der Waals surface area contributed by atoms with E-state index in [4.69, 9.17) is 16.3 Å². The van der Waals surface area contributed by atoms with Crippen molar-refractivity contribution in [1.29, 1.82) is 0 Å². The van der Waals surface area contributed by atoms with Crippen molar-refractivity contribution >= 4 is 55.7 Å². The number of aromatic hydroxyl groups is 1. The number of carbonyl (C=O) groups excluding carboxylic acids is 2. The average molecular weight is 493 g/mol. The number of fused-ring (bicyclic) bond motifs is 1. The lowest BCUT2D eigenvalue weighted by molar-refractivity contribution is -0.132. The van der Waals surface area contributed by atoms with E-state index in [-0.39, 0.29) is 22.8 Å². The van der Waals surface area contributed by atoms with E-state index in [1.54, 1.807) is 30.3 Å². The predicted octanol–water partition coefficient (Wildman–Crippen LogP) is 5.29. The summed E-state index contributed by atoms with van der Waals surface area (Å²) in [5.74, 6) is -1.93. The maximum absolute atomic E-state index is 13.3. The van der Waals surface area contributed by atoms with E-state index in [1.807, 2.05) is 24.3 Å². The third-order valence-electron chi connectivity index (χ3n) is 5.57. The van der Waals surface area contributed by atoms with Crippen molar-refractivity contribution < 1.29 is 24.5 Å². The third-order valence-corrected chi connectivity index (χ3v) is 6.86. The highest BCUT2D eigenvalue weighted by molar-refractivity contribution is 7.22. The molecule has 7 nitrogen and oxygen atoms in total. The SMILES string of the molecule is COc1cc([C@@H]2C(=C(O)c3ccc(Cl)cc3)C(=O)C(=O)N2c2nc3ccccc3s2)ccc1O. The molecule has 34 heavy (non-hydrogen) atoms. The summed E-state index contributed by atoms with van der Waals surface area (Å²) in [7, 11) is 1.40. The molecule has 1 aromatic heterocycles. The van der Waals surface area contributed by atoms with Gasteiger partial charge in [-0.1, -0.05) is 41.1 Å². The Morgan fingerprint density at radius 1 is 1.09 bits per heavy atom. The van der Waals surface area contributed by atoms with Crippen molar-refractivity contribution in [2.24, 2.45) is 0 Å². The monoisotopic (exact) mass is 492 g/mol. The van der Waals surface area contributed by atoms with Crippen molar-refractivity contribution in [3.8, 4) is 11.5 Å². The van der Waals surface area contributed by atoms with E-state index < -0.39 is 17.7 Å². The maximum atomic E-state index is 13.3. The number of phenolic OH excluding ortho intramolecular Hbond substituents is 1. The van der Waals surface area contributed by atoms with Gasteiger partial charge in [0.25, 0.3) is 5.78 Å². The van der Waals surface area contributed by atoms with E-state index in [9.17, 15) is 19.8 Å². The van der Waals surface area contributed by atoms with Gasteiger partial charge in [0.15, 0.2) is 16.6 Å². The summed E-state index contributed by atoms with van der Waals surface area (Å²) >= 11 is 7.23. The molecule has 0 aliphatic carbocycles. The number of methoxy groups -OCH3 is 1. The van der Waals surface area contributed by atoms with Crippen LogP contribution in [0.2, 0.25) is 5.02 Å². The van der Waals surface area contributed by atoms with Gasteiger partial charge in [0.2, 0.25) is 0 Å². The van der Waals surface area contributed by atoms with Crippen LogP contribution in [0.4, 0.5) is 5.13 Å². The number of aliphatic hydroxyl groups excluding tert-OH is 1. The molecule has 0 radical (unpaired) electrons. The van der Waals surface area contributed by atoms with Crippen molar-refractivity contribution in [2.75, 3.05) is 12.0 Å². The van der Waals surface area contributed by atoms with E-state index in [1.165, 1.54) is 35.5 Å². The Balaban J connectivity index is 1.75. The Labute approximate surface area is 203 Å². The first-order valence-corrected chi connectivity index (χ1v) is 11.4. The molecule has 0 spiro atoms. The minimum absolute atomic E-state index is 0.0964. The molecule has 1 aliphatic heterocycles. The van der Waals surface area contributed by atoms with Crippen molar-refractivity contribution in [3.05, 3.63) is 88.5 Å². The van der Waals surface area contributed by atoms with Gasteiger partial charge < -0.3 is 14.9 Å². The van der Waals surface area contributed by atoms with Crippen LogP contribution in [-0.4, -0.2) is 34.0 Å². The molecule has 1 saturated heterocycles. The zero-order chi connectivity index (χ0) is 24.0. The second-order valence-electron chi connectivity index (χ2n) is 7.57. The molecule has 2 N–H and O–H groups in total. The molecule has 5 rings (SSSR count). The van der Waals surface area contributed by atoms with Gasteiger partial charge in [0, 0.05) is 10.6 Å². The molecule has 170 valence electrons. The molecule has 9 heteroatoms. The fourth-order valence-electron chi connectivity index (χ4n) is 3.94. The quantitative estimate of drug-likeness (QED) is 0.228. The number of nitrogens with zero attached hydrogens (tertiary/aromatic N) is 2. The van der Waals surface area contributed by atoms with Crippen LogP contribution in [0.3, 0.4) is 0 Å². The fraction of sp³-hybridized carbons (Fsp3) is 0.0800. The molecule has 3 aromatic carbocycles. The maximum Gasteiger partial charge on any atom is 0.301 e. The first kappa shape index (κ1) is 21.9. The van der Waals surface area contributed by atoms with Crippen LogP contribution in [0.1, 0.15) is 17.2 Å². The first-order chi connectivity index (χ1) is 16.4. The van der Waals surface area contributed by atoms with Crippen LogP contribution in [0, 0.1) is 0 Å². The lowest BCUT2D eigenvalue weighted by atomic mass is 9.95. The summed E-state index contributed by atoms with van der Waals surface area (Å²) in [5, 5.41) is 22.0. The molecule has 1 amide bonds. The van der Waals surface area contributed by atoms with Gasteiger partial charge in [-0.05, 0) is 54.1 Å². The van der Waals surface area contributed by atoms with Gasteiger partial charge in [-0.2, -0.15) is 0 Å². The van der Waals surface area contributed by atoms with Gasteiger partial charge >= 0.3 is 5.91 Å². The van der Waals surface area contributed by atoms with Gasteiger partial charge in [-0.3, -0.25) is 14.5 Å². The summed E-state index contributed by atoms with van der Waals surface area (Å²) in [6.07, 6.45) is 0. The molecule has 2 heterocycles. The zero-order valence-electron chi connectivity index (χ0n) is 17.7. The van der Waals surface area contributed by atoms with Crippen LogP contribution >= 0.6 is 22.9 Å². The molecule has 0 unspecified atom stereocenters. The van der Waals surface area contributed by atoms with Gasteiger partial charge in [0.05, 0.1) is 28.9 Å². The molecular weight excluding hydrogens is 476 g/mol. The van der Waals surface area contributed by atoms with E-state index in [0.717, 1.165) is 4.70 Å². The summed E-state index contributed by atoms with van der Waals surface area (Å²) < 4.78 is 6.08. The second kappa shape index (κ2) is 8.48. The third kappa shape index (κ3) is 3.57. The number of hydrogen-bond donors (Lipinski definition) is 2. The number of carbonyl (C=O) groups is 2. The number of aromatic nitrogens is 1. The van der Waals surface area contributed by atoms with Crippen LogP contribution in [0.5, 0.6) is 11.5 Å². The Morgan fingerprint density at radius 3 is 2.53 bits per heavy atom. The topological polar surface area (TPSA) is 100.0 Å². The number of thiazole rings is 1. The molecule has 0 saturated carbocycles.